The quantitative estimate of drug-likeness (QED) is 0.426. The third kappa shape index (κ3) is 4.18. The number of hydrogen-bond donors (Lipinski definition) is 1. The predicted octanol–water partition coefficient (Wildman–Crippen LogP) is 5.88. The van der Waals surface area contributed by atoms with Crippen molar-refractivity contribution >= 4 is 0 Å². The zero-order chi connectivity index (χ0) is 22.1. The van der Waals surface area contributed by atoms with Gasteiger partial charge in [-0.25, -0.2) is 13.2 Å². The number of nitrogens with zero attached hydrogens (tertiary/aromatic N) is 2. The lowest BCUT2D eigenvalue weighted by atomic mass is 9.86. The van der Waals surface area contributed by atoms with E-state index in [2.05, 4.69) is 27.2 Å². The van der Waals surface area contributed by atoms with Crippen LogP contribution in [0.25, 0.3) is 11.3 Å². The van der Waals surface area contributed by atoms with E-state index in [1.165, 1.54) is 23.8 Å². The predicted molar refractivity (Wildman–Crippen MR) is 118 cm³/mol. The molecule has 0 bridgehead atoms. The fourth-order valence-corrected chi connectivity index (χ4v) is 4.58. The van der Waals surface area contributed by atoms with Crippen LogP contribution < -0.4 is 0 Å². The molecule has 3 aromatic carbocycles. The van der Waals surface area contributed by atoms with E-state index in [9.17, 15) is 13.2 Å². The highest BCUT2D eigenvalue weighted by Crippen LogP contribution is 2.41. The van der Waals surface area contributed by atoms with Crippen LogP contribution >= 0.6 is 0 Å². The lowest BCUT2D eigenvalue weighted by Gasteiger charge is -2.18. The fraction of sp³-hybridized carbons (Fsp3) is 0.192. The number of aromatic nitrogens is 2. The summed E-state index contributed by atoms with van der Waals surface area (Å²) in [5, 5.41) is 7.52. The maximum absolute atomic E-state index is 14.7. The minimum absolute atomic E-state index is 0.0413. The number of aromatic amines is 1. The van der Waals surface area contributed by atoms with Gasteiger partial charge >= 0.3 is 0 Å². The van der Waals surface area contributed by atoms with Crippen molar-refractivity contribution in [2.75, 3.05) is 13.1 Å². The SMILES string of the molecule is Fc1ccc(-c2cc([C@@H]3CN(Cc4ccccc4)C[C@H]3c3ccc(F)cc3F)[nH]n2)cc1. The molecule has 3 nitrogen and oxygen atoms in total. The van der Waals surface area contributed by atoms with E-state index >= 15 is 0 Å². The van der Waals surface area contributed by atoms with Crippen molar-refractivity contribution in [2.24, 2.45) is 0 Å². The maximum atomic E-state index is 14.7. The molecule has 2 atom stereocenters. The zero-order valence-electron chi connectivity index (χ0n) is 17.3. The van der Waals surface area contributed by atoms with E-state index in [1.807, 2.05) is 24.3 Å². The van der Waals surface area contributed by atoms with Crippen molar-refractivity contribution < 1.29 is 13.2 Å². The Hall–Kier alpha value is -3.38. The first-order chi connectivity index (χ1) is 15.6. The van der Waals surface area contributed by atoms with Gasteiger partial charge in [0.2, 0.25) is 0 Å². The Morgan fingerprint density at radius 2 is 1.53 bits per heavy atom. The van der Waals surface area contributed by atoms with Crippen molar-refractivity contribution in [3.05, 3.63) is 113 Å². The van der Waals surface area contributed by atoms with Crippen LogP contribution in [0.3, 0.4) is 0 Å². The van der Waals surface area contributed by atoms with E-state index in [0.717, 1.165) is 23.9 Å². The maximum Gasteiger partial charge on any atom is 0.129 e. The molecule has 2 heterocycles. The summed E-state index contributed by atoms with van der Waals surface area (Å²) in [6.07, 6.45) is 0. The van der Waals surface area contributed by atoms with Crippen molar-refractivity contribution in [1.82, 2.24) is 15.1 Å². The average molecular weight is 433 g/mol. The Labute approximate surface area is 184 Å². The first-order valence-corrected chi connectivity index (χ1v) is 10.6. The molecule has 5 rings (SSSR count). The number of nitrogens with one attached hydrogen (secondary N) is 1. The molecule has 0 radical (unpaired) electrons. The Morgan fingerprint density at radius 1 is 0.812 bits per heavy atom. The first kappa shape index (κ1) is 20.5. The summed E-state index contributed by atoms with van der Waals surface area (Å²) in [7, 11) is 0. The molecular formula is C26H22F3N3. The monoisotopic (exact) mass is 433 g/mol. The Bertz CT molecular complexity index is 1200. The molecule has 1 aliphatic rings. The van der Waals surface area contributed by atoms with Gasteiger partial charge in [-0.2, -0.15) is 5.10 Å². The van der Waals surface area contributed by atoms with Crippen molar-refractivity contribution in [3.63, 3.8) is 0 Å². The molecule has 1 N–H and O–H groups in total. The average Bonchev–Trinajstić information content (AvgIpc) is 3.42. The summed E-state index contributed by atoms with van der Waals surface area (Å²) >= 11 is 0. The van der Waals surface area contributed by atoms with E-state index in [-0.39, 0.29) is 17.7 Å². The number of hydrogen-bond acceptors (Lipinski definition) is 2. The molecule has 0 amide bonds. The highest BCUT2D eigenvalue weighted by atomic mass is 19.1. The number of rotatable bonds is 5. The molecular weight excluding hydrogens is 411 g/mol. The minimum Gasteiger partial charge on any atom is -0.298 e. The van der Waals surface area contributed by atoms with Crippen LogP contribution in [-0.4, -0.2) is 28.2 Å². The summed E-state index contributed by atoms with van der Waals surface area (Å²) in [6, 6.07) is 22.1. The van der Waals surface area contributed by atoms with Gasteiger partial charge in [0.05, 0.1) is 5.69 Å². The lowest BCUT2D eigenvalue weighted by molar-refractivity contribution is 0.323. The first-order valence-electron chi connectivity index (χ1n) is 10.6. The molecule has 1 saturated heterocycles. The van der Waals surface area contributed by atoms with Crippen LogP contribution in [0.2, 0.25) is 0 Å². The second-order valence-electron chi connectivity index (χ2n) is 8.27. The summed E-state index contributed by atoms with van der Waals surface area (Å²) < 4.78 is 41.6. The molecule has 4 aromatic rings. The van der Waals surface area contributed by atoms with Gasteiger partial charge in [0.15, 0.2) is 0 Å². The zero-order valence-corrected chi connectivity index (χ0v) is 17.3. The van der Waals surface area contributed by atoms with E-state index in [0.29, 0.717) is 24.3 Å². The van der Waals surface area contributed by atoms with Crippen LogP contribution in [0.1, 0.15) is 28.7 Å². The second kappa shape index (κ2) is 8.63. The third-order valence-electron chi connectivity index (χ3n) is 6.14. The molecule has 1 fully saturated rings. The molecule has 0 unspecified atom stereocenters. The minimum atomic E-state index is -0.581. The van der Waals surface area contributed by atoms with Crippen molar-refractivity contribution in [2.45, 2.75) is 18.4 Å². The van der Waals surface area contributed by atoms with E-state index in [4.69, 9.17) is 0 Å². The van der Waals surface area contributed by atoms with E-state index < -0.39 is 11.6 Å². The Kier molecular flexibility index (Phi) is 5.53. The van der Waals surface area contributed by atoms with Gasteiger partial charge < -0.3 is 0 Å². The molecule has 0 spiro atoms. The molecule has 0 saturated carbocycles. The Balaban J connectivity index is 1.46. The van der Waals surface area contributed by atoms with Crippen LogP contribution in [0.5, 0.6) is 0 Å². The van der Waals surface area contributed by atoms with Gasteiger partial charge in [-0.1, -0.05) is 36.4 Å². The van der Waals surface area contributed by atoms with Gasteiger partial charge in [0.1, 0.15) is 17.5 Å². The fourth-order valence-electron chi connectivity index (χ4n) is 4.58. The molecule has 162 valence electrons. The van der Waals surface area contributed by atoms with Gasteiger partial charge in [-0.15, -0.1) is 0 Å². The van der Waals surface area contributed by atoms with Gasteiger partial charge in [0, 0.05) is 48.8 Å². The smallest absolute Gasteiger partial charge is 0.129 e. The van der Waals surface area contributed by atoms with Crippen molar-refractivity contribution in [1.29, 1.82) is 0 Å². The molecule has 6 heteroatoms. The standard InChI is InChI=1S/C26H22F3N3/c27-19-8-6-18(7-9-19)25-13-26(31-30-25)23-16-32(14-17-4-2-1-3-5-17)15-22(23)21-11-10-20(28)12-24(21)29/h1-13,22-23H,14-16H2,(H,30,31)/t22-,23+/m0/s1. The van der Waals surface area contributed by atoms with E-state index in [1.54, 1.807) is 18.2 Å². The number of benzene rings is 3. The Morgan fingerprint density at radius 3 is 2.28 bits per heavy atom. The number of H-pyrrole nitrogens is 1. The summed E-state index contributed by atoms with van der Waals surface area (Å²) in [5.41, 5.74) is 4.08. The molecule has 0 aliphatic carbocycles. The van der Waals surface area contributed by atoms with Crippen LogP contribution in [-0.2, 0) is 6.54 Å². The summed E-state index contributed by atoms with van der Waals surface area (Å²) in [5.74, 6) is -1.60. The van der Waals surface area contributed by atoms with Crippen LogP contribution in [0.4, 0.5) is 13.2 Å². The highest BCUT2D eigenvalue weighted by molar-refractivity contribution is 5.59. The van der Waals surface area contributed by atoms with Crippen molar-refractivity contribution in [3.8, 4) is 11.3 Å². The van der Waals surface area contributed by atoms with Crippen LogP contribution in [0.15, 0.2) is 78.9 Å². The normalized spacial score (nSPS) is 18.8. The highest BCUT2D eigenvalue weighted by Gasteiger charge is 2.37. The number of likely N-dealkylation sites (tertiary alicyclic amines) is 1. The summed E-state index contributed by atoms with van der Waals surface area (Å²) in [4.78, 5) is 2.28. The number of halogens is 3. The van der Waals surface area contributed by atoms with Gasteiger partial charge in [0.25, 0.3) is 0 Å². The second-order valence-corrected chi connectivity index (χ2v) is 8.27. The van der Waals surface area contributed by atoms with Gasteiger partial charge in [-0.05, 0) is 47.5 Å². The molecule has 1 aromatic heterocycles. The third-order valence-corrected chi connectivity index (χ3v) is 6.14. The van der Waals surface area contributed by atoms with Crippen LogP contribution in [0, 0.1) is 17.5 Å². The topological polar surface area (TPSA) is 31.9 Å². The summed E-state index contributed by atoms with van der Waals surface area (Å²) in [6.45, 7) is 2.10. The largest absolute Gasteiger partial charge is 0.298 e. The molecule has 1 aliphatic heterocycles. The van der Waals surface area contributed by atoms with Gasteiger partial charge in [-0.3, -0.25) is 10.00 Å². The lowest BCUT2D eigenvalue weighted by Crippen LogP contribution is -2.20. The molecule has 32 heavy (non-hydrogen) atoms.